The fraction of sp³-hybridized carbons (Fsp3) is 0.564. The maximum atomic E-state index is 15.1. The van der Waals surface area contributed by atoms with Gasteiger partial charge in [-0.1, -0.05) is 160 Å². The number of aliphatic carboxylic acids is 1. The summed E-state index contributed by atoms with van der Waals surface area (Å²) in [6, 6.07) is 23.2. The first-order valence-corrected chi connectivity index (χ1v) is 45.8. The van der Waals surface area contributed by atoms with Crippen molar-refractivity contribution < 1.29 is 95.9 Å². The minimum Gasteiger partial charge on any atom is -0.481 e. The topological polar surface area (TPSA) is 447 Å². The molecule has 0 aliphatic carbocycles. The number of likely N-dealkylation sites (N-methyl/N-ethyl adjacent to an activating group) is 1. The number of para-hydroxylation sites is 1. The molecule has 1 unspecified atom stereocenters. The number of piperidine rings is 1. The van der Waals surface area contributed by atoms with Gasteiger partial charge in [0.2, 0.25) is 35.4 Å². The van der Waals surface area contributed by atoms with Gasteiger partial charge in [-0.3, -0.25) is 58.2 Å². The summed E-state index contributed by atoms with van der Waals surface area (Å²) in [5.74, 6) is -5.32. The van der Waals surface area contributed by atoms with Gasteiger partial charge in [0.1, 0.15) is 35.4 Å². The van der Waals surface area contributed by atoms with E-state index < -0.39 is 107 Å². The molecule has 35 heteroatoms. The third-order valence-corrected chi connectivity index (χ3v) is 23.5. The first-order valence-electron chi connectivity index (χ1n) is 44.9. The lowest BCUT2D eigenvalue weighted by atomic mass is 9.84. The molecule has 9 atom stereocenters. The number of ether oxygens (including phenoxy) is 6. The van der Waals surface area contributed by atoms with Gasteiger partial charge in [0.25, 0.3) is 11.8 Å². The van der Waals surface area contributed by atoms with Crippen molar-refractivity contribution in [3.8, 4) is 0 Å². The molecule has 1 fully saturated rings. The Morgan fingerprint density at radius 2 is 1.33 bits per heavy atom. The van der Waals surface area contributed by atoms with Gasteiger partial charge in [-0.15, -0.1) is 11.3 Å². The number of alkyl carbamates (subject to hydrolysis) is 1. The van der Waals surface area contributed by atoms with Crippen molar-refractivity contribution in [3.63, 3.8) is 0 Å². The quantitative estimate of drug-likeness (QED) is 0.0127. The third-order valence-electron chi connectivity index (χ3n) is 22.6. The van der Waals surface area contributed by atoms with Crippen LogP contribution in [0.4, 0.5) is 31.4 Å². The number of unbranched alkanes of at least 4 members (excludes halogenated alkanes) is 2. The lowest BCUT2D eigenvalue weighted by Crippen LogP contribution is -2.58. The fourth-order valence-electron chi connectivity index (χ4n) is 14.7. The summed E-state index contributed by atoms with van der Waals surface area (Å²) in [5, 5.41) is 38.3. The SMILES string of the molecule is CCCCCON(C(=O)[C@@H](NC(=O)[C@H]1CCCCN1C)[C@@H](C)CC)[C@H](C[C@@H](OC(=O)NC)c1nc(C(=O)N[C@@H](Cc2ccc(NC(=O)OCc3ccc(NC(=O)[C@H](CCCNC(N)=O)NC(=O)[C@@H](NC(=O)CCOCCOCCOCCOCCNC(=O)CCC(=O)N4Cc5ccccc5/C=C\C(C)c5ccccc54)C(C)C)cc3)cc2)CC(C)(C)C(=O)O)cs1)C(C)C. The number of carbonyl (C=O) groups is 12. The predicted octanol–water partition coefficient (Wildman–Crippen LogP) is 11.2. The van der Waals surface area contributed by atoms with Gasteiger partial charge in [0.05, 0.1) is 83.5 Å². The number of hydrogen-bond acceptors (Lipinski definition) is 22. The number of nitrogens with zero attached hydrogens (tertiary/aromatic N) is 4. The van der Waals surface area contributed by atoms with Crippen LogP contribution in [0.3, 0.4) is 0 Å². The second-order valence-corrected chi connectivity index (χ2v) is 34.8. The highest BCUT2D eigenvalue weighted by Gasteiger charge is 2.41. The summed E-state index contributed by atoms with van der Waals surface area (Å²) in [5.41, 5.74) is 9.83. The Bertz CT molecular complexity index is 4450. The van der Waals surface area contributed by atoms with Crippen LogP contribution in [0.5, 0.6) is 0 Å². The van der Waals surface area contributed by atoms with Gasteiger partial charge >= 0.3 is 24.2 Å². The van der Waals surface area contributed by atoms with Gasteiger partial charge in [0, 0.05) is 80.2 Å². The number of rotatable bonds is 54. The van der Waals surface area contributed by atoms with Gasteiger partial charge in [-0.2, -0.15) is 0 Å². The summed E-state index contributed by atoms with van der Waals surface area (Å²) in [6.07, 6.45) is 7.57. The van der Waals surface area contributed by atoms with Crippen LogP contribution in [0, 0.1) is 23.2 Å². The zero-order chi connectivity index (χ0) is 94.0. The Labute approximate surface area is 761 Å². The molecule has 7 rings (SSSR count). The number of allylic oxidation sites excluding steroid dienone is 1. The molecule has 34 nitrogen and oxygen atoms in total. The summed E-state index contributed by atoms with van der Waals surface area (Å²) in [4.78, 5) is 176. The van der Waals surface area contributed by atoms with Crippen molar-refractivity contribution >= 4 is 106 Å². The van der Waals surface area contributed by atoms with Crippen molar-refractivity contribution in [2.75, 3.05) is 109 Å². The second kappa shape index (κ2) is 55.2. The zero-order valence-corrected chi connectivity index (χ0v) is 77.6. The first-order chi connectivity index (χ1) is 61.8. The van der Waals surface area contributed by atoms with E-state index in [1.54, 1.807) is 81.1 Å². The zero-order valence-electron chi connectivity index (χ0n) is 76.8. The molecular formula is C94H136N14O20S. The summed E-state index contributed by atoms with van der Waals surface area (Å²) < 4.78 is 33.9. The summed E-state index contributed by atoms with van der Waals surface area (Å²) in [7, 11) is 3.32. The number of urea groups is 1. The Morgan fingerprint density at radius 1 is 0.674 bits per heavy atom. The number of carbonyl (C=O) groups excluding carboxylic acids is 11. The fourth-order valence-corrected chi connectivity index (χ4v) is 15.6. The van der Waals surface area contributed by atoms with E-state index in [4.69, 9.17) is 44.0 Å². The van der Waals surface area contributed by atoms with E-state index in [2.05, 4.69) is 73.9 Å². The number of aromatic nitrogens is 1. The maximum absolute atomic E-state index is 15.1. The van der Waals surface area contributed by atoms with Crippen molar-refractivity contribution in [1.29, 1.82) is 0 Å². The highest BCUT2D eigenvalue weighted by molar-refractivity contribution is 7.09. The van der Waals surface area contributed by atoms with Crippen LogP contribution in [0.25, 0.3) is 6.08 Å². The molecule has 1 aromatic heterocycles. The van der Waals surface area contributed by atoms with E-state index in [-0.39, 0.29) is 157 Å². The number of primary amides is 1. The number of benzene rings is 4. The number of hydrogen-bond donors (Lipinski definition) is 11. The maximum Gasteiger partial charge on any atom is 0.411 e. The van der Waals surface area contributed by atoms with Crippen LogP contribution in [0.2, 0.25) is 0 Å². The molecular weight excluding hydrogens is 1680 g/mol. The number of carboxylic acids is 1. The molecule has 0 radical (unpaired) electrons. The minimum absolute atomic E-state index is 0.000762. The van der Waals surface area contributed by atoms with Crippen LogP contribution in [0.15, 0.2) is 109 Å². The number of nitrogens with two attached hydrogens (primary N) is 1. The molecule has 2 aliphatic heterocycles. The molecule has 2 aliphatic rings. The van der Waals surface area contributed by atoms with Crippen molar-refractivity contribution in [3.05, 3.63) is 147 Å². The Kier molecular flexibility index (Phi) is 44.9. The molecule has 12 N–H and O–H groups in total. The van der Waals surface area contributed by atoms with E-state index in [9.17, 15) is 57.8 Å². The average molecular weight is 1810 g/mol. The lowest BCUT2D eigenvalue weighted by molar-refractivity contribution is -0.212. The van der Waals surface area contributed by atoms with Crippen LogP contribution in [-0.2, 0) is 91.2 Å². The Hall–Kier alpha value is -11.0. The number of likely N-dealkylation sites (tertiary alicyclic amines) is 1. The minimum atomic E-state index is -1.30. The average Bonchev–Trinajstić information content (AvgIpc) is 1.76. The van der Waals surface area contributed by atoms with E-state index in [1.165, 1.54) is 17.5 Å². The van der Waals surface area contributed by atoms with Crippen molar-refractivity contribution in [1.82, 2.24) is 52.2 Å². The standard InChI is InChI=1S/C94H136N14O20S/c1-13-15-22-46-127-108(89(116)83(63(7)14-2)105-86(114)76-29-20-21-45-106(76)12)77(61(3)4)56-78(128-92(120)96-11)88-103-74(60-129-88)85(113)100-71(57-94(9,10)90(117)118)55-65-31-36-70(37-32-65)101-93(121)126-59-66-33-38-69(39-34-66)99-84(112)73(27-23-43-98-91(95)119)102-87(115)82(62(5)6)104-80(110)42-47-122-49-51-124-53-54-125-52-50-123-48-44-97-79(109)40-41-81(111)107-58-68-25-17-16-24-67(68)35-30-64(8)72-26-18-19-28-75(72)107/h16-19,24-26,28,30-39,60-64,71,73,76-78,82-83H,13-15,20-23,27,29,40-59H2,1-12H3,(H,96,120)(H,97,109)(H,99,112)(H,100,113)(H,101,121)(H,102,115)(H,104,110)(H,105,114)(H,117,118)(H3,95,98,119)/b35-30-/t63-,64?,71-,73-,76+,77+,78+,82-,83-/m0/s1. The van der Waals surface area contributed by atoms with E-state index in [0.29, 0.717) is 68.1 Å². The van der Waals surface area contributed by atoms with Crippen LogP contribution >= 0.6 is 11.3 Å². The summed E-state index contributed by atoms with van der Waals surface area (Å²) >= 11 is 1.07. The molecule has 0 saturated carbocycles. The number of thiazole rings is 1. The highest BCUT2D eigenvalue weighted by atomic mass is 32.1. The largest absolute Gasteiger partial charge is 0.481 e. The van der Waals surface area contributed by atoms with Gasteiger partial charge in [-0.05, 0) is 148 Å². The highest BCUT2D eigenvalue weighted by Crippen LogP contribution is 2.36. The number of anilines is 3. The van der Waals surface area contributed by atoms with Crippen LogP contribution in [-0.4, -0.2) is 221 Å². The van der Waals surface area contributed by atoms with E-state index in [0.717, 1.165) is 65.9 Å². The number of fused-ring (bicyclic) bond motifs is 2. The van der Waals surface area contributed by atoms with E-state index >= 15 is 4.79 Å². The Balaban J connectivity index is 0.824. The number of hydroxylamine groups is 2. The van der Waals surface area contributed by atoms with Crippen LogP contribution < -0.4 is 58.5 Å². The molecule has 0 bridgehead atoms. The lowest BCUT2D eigenvalue weighted by Gasteiger charge is -2.39. The molecule has 1 saturated heterocycles. The normalized spacial score (nSPS) is 15.8. The third kappa shape index (κ3) is 35.8. The molecule has 0 spiro atoms. The molecule has 5 aromatic rings. The smallest absolute Gasteiger partial charge is 0.411 e. The molecule has 129 heavy (non-hydrogen) atoms. The number of carboxylic acid groups (broad SMARTS) is 1. The summed E-state index contributed by atoms with van der Waals surface area (Å²) in [6.45, 7) is 21.9. The van der Waals surface area contributed by atoms with Gasteiger partial charge < -0.3 is 86.7 Å². The number of amides is 12. The first kappa shape index (κ1) is 105. The van der Waals surface area contributed by atoms with E-state index in [1.807, 2.05) is 88.2 Å². The molecule has 12 amide bonds. The van der Waals surface area contributed by atoms with Gasteiger partial charge in [-0.25, -0.2) is 24.4 Å². The number of nitrogens with one attached hydrogen (secondary N) is 9. The molecule has 3 heterocycles. The monoisotopic (exact) mass is 1810 g/mol. The molecule has 708 valence electrons. The second-order valence-electron chi connectivity index (χ2n) is 33.9. The van der Waals surface area contributed by atoms with Crippen molar-refractivity contribution in [2.24, 2.45) is 28.9 Å². The predicted molar refractivity (Wildman–Crippen MR) is 491 cm³/mol. The molecule has 4 aromatic carbocycles. The van der Waals surface area contributed by atoms with Gasteiger partial charge in [0.15, 0.2) is 6.10 Å². The van der Waals surface area contributed by atoms with Crippen molar-refractivity contribution in [2.45, 2.75) is 227 Å². The Morgan fingerprint density at radius 3 is 1.98 bits per heavy atom. The van der Waals surface area contributed by atoms with Crippen LogP contribution in [0.1, 0.15) is 214 Å².